The van der Waals surface area contributed by atoms with Crippen LogP contribution in [0.2, 0.25) is 0 Å². The van der Waals surface area contributed by atoms with Gasteiger partial charge in [0.05, 0.1) is 38.6 Å². The normalized spacial score (nSPS) is 32.5. The van der Waals surface area contributed by atoms with Gasteiger partial charge in [-0.2, -0.15) is 8.42 Å². The molecule has 10 aliphatic rings. The van der Waals surface area contributed by atoms with Crippen molar-refractivity contribution in [1.82, 2.24) is 31.9 Å². The number of aliphatic hydroxyl groups is 12. The molecular formula is C84H94N8O39S. The lowest BCUT2D eigenvalue weighted by Crippen LogP contribution is -2.61. The first-order valence-electron chi connectivity index (χ1n) is 40.7. The van der Waals surface area contributed by atoms with Gasteiger partial charge in [0.2, 0.25) is 53.8 Å². The number of phenolic OH excluding ortho intramolecular Hbond substituents is 4. The summed E-state index contributed by atoms with van der Waals surface area (Å²) in [5.41, 5.74) is 9.79. The van der Waals surface area contributed by atoms with Crippen molar-refractivity contribution in [2.24, 2.45) is 11.5 Å². The Kier molecular flexibility index (Phi) is 28.5. The van der Waals surface area contributed by atoms with E-state index in [9.17, 15) is 91.3 Å². The SMILES string of the molecule is COC(=O)[C@H]1NC(=O)[C@H]2NC(=O)[C@H](NC(=O)[C@@H]3NC(=O)[C@H]4NC(=O)[C@H](NC(=O)[C@H](N)c5ccc(O)c(c5)Oc5cc4cc(O)c5C)[C@H](O)c4ccc(cc4)Oc4cc3cc(c4O[C@@H]3O[C@H](CO[C@@H]4O[C@@H](C)[C@H](O)[C@@H](O)[C@H]4O)[C@@H](O)[C@H](O)[C@H]3O)Oc3ccc(cc3)[C@H]2OC2C[C@H](N)[C@@H](O)[C@H](C)O2)c2ccc(O)c(c2)-c2c(OC3O[C@H](CO)[C@@H](O)[C@H](O)[C@@H]3O)cc(O)cc21.O=S(=O)(O)O. The van der Waals surface area contributed by atoms with Gasteiger partial charge in [-0.15, -0.1) is 0 Å². The van der Waals surface area contributed by atoms with Crippen LogP contribution in [0.25, 0.3) is 11.1 Å². The summed E-state index contributed by atoms with van der Waals surface area (Å²) >= 11 is 0. The van der Waals surface area contributed by atoms with E-state index in [0.717, 1.165) is 67.8 Å². The Balaban J connectivity index is 0.00000273. The van der Waals surface area contributed by atoms with Crippen LogP contribution < -0.4 is 67.1 Å². The molecule has 6 amide bonds. The third-order valence-corrected chi connectivity index (χ3v) is 23.3. The summed E-state index contributed by atoms with van der Waals surface area (Å²) in [6.07, 6.45) is -37.1. The number of fused-ring (bicyclic) bond motifs is 14. The number of rotatable bonds is 11. The van der Waals surface area contributed by atoms with Gasteiger partial charge in [-0.05, 0) is 133 Å². The van der Waals surface area contributed by atoms with Crippen molar-refractivity contribution < 1.29 is 190 Å². The molecule has 4 saturated heterocycles. The molecular weight excluding hydrogens is 1780 g/mol. The van der Waals surface area contributed by atoms with Crippen LogP contribution in [0, 0.1) is 6.92 Å². The van der Waals surface area contributed by atoms with Crippen molar-refractivity contribution in [3.8, 4) is 80.1 Å². The van der Waals surface area contributed by atoms with Gasteiger partial charge in [0.1, 0.15) is 156 Å². The van der Waals surface area contributed by atoms with Crippen LogP contribution in [0.5, 0.6) is 69.0 Å². The predicted molar refractivity (Wildman–Crippen MR) is 438 cm³/mol. The highest BCUT2D eigenvalue weighted by molar-refractivity contribution is 7.79. The number of methoxy groups -OCH3 is 1. The maximum Gasteiger partial charge on any atom is 0.394 e. The molecule has 28 atom stereocenters. The number of aliphatic hydroxyl groups excluding tert-OH is 12. The zero-order valence-electron chi connectivity index (χ0n) is 69.5. The monoisotopic (exact) mass is 1870 g/mol. The van der Waals surface area contributed by atoms with E-state index in [0.29, 0.717) is 0 Å². The van der Waals surface area contributed by atoms with Gasteiger partial charge in [-0.1, -0.05) is 36.4 Å². The topological polar surface area (TPSA) is 753 Å². The van der Waals surface area contributed by atoms with E-state index in [1.54, 1.807) is 0 Å². The zero-order valence-corrected chi connectivity index (χ0v) is 70.3. The van der Waals surface area contributed by atoms with Crippen LogP contribution in [-0.2, 0) is 77.1 Å². The van der Waals surface area contributed by atoms with Gasteiger partial charge in [0, 0.05) is 40.8 Å². The Morgan fingerprint density at radius 1 is 0.477 bits per heavy atom. The van der Waals surface area contributed by atoms with Crippen molar-refractivity contribution >= 4 is 51.8 Å². The minimum absolute atomic E-state index is 0.0198. The van der Waals surface area contributed by atoms with Crippen LogP contribution >= 0.6 is 0 Å². The maximum absolute atomic E-state index is 16.9. The number of benzene rings is 7. The van der Waals surface area contributed by atoms with Crippen molar-refractivity contribution in [3.63, 3.8) is 0 Å². The van der Waals surface area contributed by atoms with Crippen molar-refractivity contribution in [2.45, 2.75) is 198 Å². The number of carbonyl (C=O) groups is 7. The molecule has 0 radical (unpaired) electrons. The number of hydrogen-bond donors (Lipinski definition) is 26. The molecule has 132 heavy (non-hydrogen) atoms. The fourth-order valence-corrected chi connectivity index (χ4v) is 16.0. The number of carbonyl (C=O) groups excluding carboxylic acids is 7. The van der Waals surface area contributed by atoms with E-state index in [2.05, 4.69) is 31.9 Å². The second-order valence-corrected chi connectivity index (χ2v) is 33.1. The number of amides is 6. The molecule has 10 aliphatic heterocycles. The fourth-order valence-electron chi connectivity index (χ4n) is 16.0. The largest absolute Gasteiger partial charge is 0.508 e. The summed E-state index contributed by atoms with van der Waals surface area (Å²) in [5.74, 6) is -16.2. The summed E-state index contributed by atoms with van der Waals surface area (Å²) in [6.45, 7) is 2.35. The molecule has 0 aromatic heterocycles. The molecule has 28 N–H and O–H groups in total. The van der Waals surface area contributed by atoms with Crippen molar-refractivity contribution in [3.05, 3.63) is 166 Å². The Hall–Kier alpha value is -11.9. The minimum Gasteiger partial charge on any atom is -0.508 e. The number of hydrogen-bond acceptors (Lipinski definition) is 39. The lowest BCUT2D eigenvalue weighted by atomic mass is 9.89. The first-order valence-corrected chi connectivity index (χ1v) is 42.1. The van der Waals surface area contributed by atoms with Crippen LogP contribution in [-0.4, -0.2) is 290 Å². The molecule has 17 bridgehead atoms. The Bertz CT molecular complexity index is 5610. The quantitative estimate of drug-likeness (QED) is 0.0442. The molecule has 7 aromatic rings. The highest BCUT2D eigenvalue weighted by Crippen LogP contribution is 2.50. The predicted octanol–water partition coefficient (Wildman–Crippen LogP) is -3.44. The maximum atomic E-state index is 16.9. The second kappa shape index (κ2) is 39.1. The van der Waals surface area contributed by atoms with Gasteiger partial charge in [-0.3, -0.25) is 37.9 Å². The van der Waals surface area contributed by atoms with E-state index in [1.807, 2.05) is 0 Å². The Labute approximate surface area is 746 Å². The van der Waals surface area contributed by atoms with Gasteiger partial charge < -0.3 is 182 Å². The van der Waals surface area contributed by atoms with E-state index in [4.69, 9.17) is 85.8 Å². The van der Waals surface area contributed by atoms with Crippen LogP contribution in [0.1, 0.15) is 107 Å². The van der Waals surface area contributed by atoms with Gasteiger partial charge in [0.25, 0.3) is 0 Å². The average molecular weight is 1870 g/mol. The van der Waals surface area contributed by atoms with Gasteiger partial charge >= 0.3 is 16.4 Å². The van der Waals surface area contributed by atoms with Gasteiger partial charge in [0.15, 0.2) is 41.6 Å². The van der Waals surface area contributed by atoms with Crippen molar-refractivity contribution in [1.29, 1.82) is 0 Å². The standard InChI is InChI=1S/C84H92N8O35.H2O4S/c1-28-45(97)18-35-20-46(28)122-47-19-33(9-16-44(47)96)55(86)75(109)91-60-64(100)31-5-11-38(12-6-31)120-49-21-36-22-50(74(49)127-84-72(108)69(105)66(102)52(125-84)27-117-82-70(106)67(103)63(99)30(3)119-82)121-39-13-7-32(8-14-39)73(126-53-25-42(85)62(98)29(2)118-53)61-80(114)90-59(81(115)116-4)41-23-37(94)24-48(123-83-71(107)68(104)65(101)51(26-93)124-83)54(41)40-17-34(10-15-43(40)95)56(76(110)92-61)87-78(112)58(36)88-77(111)57(35)89-79(60)113;1-5(2,3)4/h5-24,29-30,42,51-53,55-73,82-84,93-108H,25-27,85-86H2,1-4H3,(H,87,112)(H,88,111)(H,89,113)(H,90,114)(H,91,109)(H,92,110);(H2,1,2,3,4)/t29-,30-,42-,51+,52+,53?,55+,56+,57-,58+,59-,60+,61-,62-,63-,64+,65+,66+,67+,68-,69-,70+,71-,72+,73+,82+,83?,84-;/m0./s1. The molecule has 7 aromatic carbocycles. The number of aromatic hydroxyl groups is 4. The number of nitrogens with one attached hydrogen (secondary N) is 6. The fraction of sp³-hybridized carbons (Fsp3) is 0.417. The summed E-state index contributed by atoms with van der Waals surface area (Å²) in [5, 5.41) is 198. The molecule has 17 rings (SSSR count). The zero-order chi connectivity index (χ0) is 95.4. The third kappa shape index (κ3) is 20.2. The van der Waals surface area contributed by atoms with E-state index in [1.165, 1.54) is 81.4 Å². The molecule has 48 heteroatoms. The first-order chi connectivity index (χ1) is 62.4. The van der Waals surface area contributed by atoms with E-state index < -0.39 is 316 Å². The second-order valence-electron chi connectivity index (χ2n) is 32.2. The van der Waals surface area contributed by atoms with E-state index in [-0.39, 0.29) is 51.7 Å². The third-order valence-electron chi connectivity index (χ3n) is 23.3. The van der Waals surface area contributed by atoms with Crippen LogP contribution in [0.15, 0.2) is 121 Å². The molecule has 0 aliphatic carbocycles. The van der Waals surface area contributed by atoms with Crippen LogP contribution in [0.3, 0.4) is 0 Å². The smallest absolute Gasteiger partial charge is 0.394 e. The summed E-state index contributed by atoms with van der Waals surface area (Å²) in [6, 6.07) is 5.99. The molecule has 2 unspecified atom stereocenters. The molecule has 0 saturated carbocycles. The van der Waals surface area contributed by atoms with Gasteiger partial charge in [-0.25, -0.2) is 4.79 Å². The molecule has 710 valence electrons. The number of nitrogens with two attached hydrogens (primary N) is 2. The molecule has 10 heterocycles. The van der Waals surface area contributed by atoms with E-state index >= 15 is 24.0 Å². The highest BCUT2D eigenvalue weighted by atomic mass is 32.3. The summed E-state index contributed by atoms with van der Waals surface area (Å²) in [4.78, 5) is 111. The summed E-state index contributed by atoms with van der Waals surface area (Å²) < 4.78 is 106. The number of phenols is 4. The molecule has 0 spiro atoms. The minimum atomic E-state index is -4.67. The van der Waals surface area contributed by atoms with Crippen LogP contribution in [0.4, 0.5) is 0 Å². The molecule has 47 nitrogen and oxygen atoms in total. The Morgan fingerprint density at radius 2 is 0.977 bits per heavy atom. The lowest BCUT2D eigenvalue weighted by Gasteiger charge is -2.42. The molecule has 4 fully saturated rings. The Morgan fingerprint density at radius 3 is 1.59 bits per heavy atom. The lowest BCUT2D eigenvalue weighted by molar-refractivity contribution is -0.318. The average Bonchev–Trinajstić information content (AvgIpc) is 0.753. The highest BCUT2D eigenvalue weighted by Gasteiger charge is 2.52. The summed E-state index contributed by atoms with van der Waals surface area (Å²) in [7, 11) is -3.77. The first kappa shape index (κ1) is 96.2. The number of ether oxygens (including phenoxy) is 12. The van der Waals surface area contributed by atoms with Crippen molar-refractivity contribution in [2.75, 3.05) is 20.3 Å². The number of esters is 1.